The quantitative estimate of drug-likeness (QED) is 0.667. The fraction of sp³-hybridized carbons (Fsp3) is 0.250. The fourth-order valence-electron chi connectivity index (χ4n) is 2.59. The van der Waals surface area contributed by atoms with E-state index in [9.17, 15) is 4.79 Å². The molecule has 0 aliphatic rings. The SMILES string of the molecule is CCC(Nc1nc(Cl)nc2c1ccn2CC(=O)O)c1cccnc1. The zero-order valence-corrected chi connectivity index (χ0v) is 13.7. The molecule has 124 valence electrons. The molecule has 0 bridgehead atoms. The summed E-state index contributed by atoms with van der Waals surface area (Å²) in [5.74, 6) is -0.372. The maximum atomic E-state index is 11.0. The molecule has 0 amide bonds. The van der Waals surface area contributed by atoms with Crippen LogP contribution in [-0.2, 0) is 11.3 Å². The highest BCUT2D eigenvalue weighted by atomic mass is 35.5. The van der Waals surface area contributed by atoms with Crippen LogP contribution < -0.4 is 5.32 Å². The summed E-state index contributed by atoms with van der Waals surface area (Å²) >= 11 is 6.03. The Hall–Kier alpha value is -2.67. The van der Waals surface area contributed by atoms with Crippen molar-refractivity contribution in [2.24, 2.45) is 0 Å². The summed E-state index contributed by atoms with van der Waals surface area (Å²) in [5, 5.41) is 13.1. The van der Waals surface area contributed by atoms with Crippen molar-refractivity contribution in [3.05, 3.63) is 47.6 Å². The monoisotopic (exact) mass is 345 g/mol. The minimum Gasteiger partial charge on any atom is -0.480 e. The molecule has 0 aliphatic heterocycles. The number of aromatic nitrogens is 4. The first-order valence-corrected chi connectivity index (χ1v) is 7.87. The normalized spacial score (nSPS) is 12.2. The first-order valence-electron chi connectivity index (χ1n) is 7.49. The van der Waals surface area contributed by atoms with E-state index in [0.29, 0.717) is 11.5 Å². The van der Waals surface area contributed by atoms with Gasteiger partial charge < -0.3 is 15.0 Å². The first-order chi connectivity index (χ1) is 11.6. The van der Waals surface area contributed by atoms with Crippen LogP contribution in [-0.4, -0.2) is 30.6 Å². The van der Waals surface area contributed by atoms with Gasteiger partial charge in [0.15, 0.2) is 0 Å². The molecule has 1 atom stereocenters. The van der Waals surface area contributed by atoms with Gasteiger partial charge in [-0.2, -0.15) is 4.98 Å². The van der Waals surface area contributed by atoms with Gasteiger partial charge >= 0.3 is 5.97 Å². The lowest BCUT2D eigenvalue weighted by Crippen LogP contribution is -2.12. The van der Waals surface area contributed by atoms with Crippen molar-refractivity contribution >= 4 is 34.4 Å². The number of fused-ring (bicyclic) bond motifs is 1. The summed E-state index contributed by atoms with van der Waals surface area (Å²) in [4.78, 5) is 23.5. The number of hydrogen-bond acceptors (Lipinski definition) is 5. The number of carboxylic acids is 1. The van der Waals surface area contributed by atoms with Crippen LogP contribution in [0.25, 0.3) is 11.0 Å². The van der Waals surface area contributed by atoms with Gasteiger partial charge in [0, 0.05) is 18.6 Å². The highest BCUT2D eigenvalue weighted by molar-refractivity contribution is 6.28. The second-order valence-corrected chi connectivity index (χ2v) is 5.65. The third-order valence-electron chi connectivity index (χ3n) is 3.70. The second kappa shape index (κ2) is 6.84. The molecule has 0 radical (unpaired) electrons. The maximum Gasteiger partial charge on any atom is 0.323 e. The van der Waals surface area contributed by atoms with Gasteiger partial charge in [-0.05, 0) is 35.7 Å². The van der Waals surface area contributed by atoms with Crippen molar-refractivity contribution in [3.8, 4) is 0 Å². The van der Waals surface area contributed by atoms with Gasteiger partial charge in [-0.1, -0.05) is 13.0 Å². The van der Waals surface area contributed by atoms with Crippen molar-refractivity contribution in [2.45, 2.75) is 25.9 Å². The molecule has 2 N–H and O–H groups in total. The van der Waals surface area contributed by atoms with Crippen molar-refractivity contribution in [1.29, 1.82) is 0 Å². The lowest BCUT2D eigenvalue weighted by atomic mass is 10.1. The smallest absolute Gasteiger partial charge is 0.323 e. The van der Waals surface area contributed by atoms with Crippen LogP contribution in [0.4, 0.5) is 5.82 Å². The van der Waals surface area contributed by atoms with Gasteiger partial charge in [0.1, 0.15) is 18.0 Å². The van der Waals surface area contributed by atoms with E-state index in [2.05, 4.69) is 27.2 Å². The second-order valence-electron chi connectivity index (χ2n) is 5.31. The average Bonchev–Trinajstić information content (AvgIpc) is 2.95. The van der Waals surface area contributed by atoms with Gasteiger partial charge in [-0.25, -0.2) is 4.98 Å². The molecule has 0 aliphatic carbocycles. The van der Waals surface area contributed by atoms with Gasteiger partial charge in [0.2, 0.25) is 5.28 Å². The Morgan fingerprint density at radius 3 is 2.92 bits per heavy atom. The van der Waals surface area contributed by atoms with Gasteiger partial charge in [0.25, 0.3) is 0 Å². The first kappa shape index (κ1) is 16.2. The Bertz CT molecular complexity index is 866. The maximum absolute atomic E-state index is 11.0. The molecule has 0 saturated carbocycles. The molecular formula is C16H16ClN5O2. The summed E-state index contributed by atoms with van der Waals surface area (Å²) in [7, 11) is 0. The largest absolute Gasteiger partial charge is 0.480 e. The Labute approximate surface area is 143 Å². The fourth-order valence-corrected chi connectivity index (χ4v) is 2.75. The minimum absolute atomic E-state index is 0.00990. The van der Waals surface area contributed by atoms with Crippen LogP contribution in [0.5, 0.6) is 0 Å². The summed E-state index contributed by atoms with van der Waals surface area (Å²) in [6.45, 7) is 1.87. The molecule has 0 saturated heterocycles. The van der Waals surface area contributed by atoms with E-state index in [-0.39, 0.29) is 17.9 Å². The number of hydrogen-bond donors (Lipinski definition) is 2. The lowest BCUT2D eigenvalue weighted by Gasteiger charge is -2.18. The average molecular weight is 346 g/mol. The van der Waals surface area contributed by atoms with E-state index in [1.165, 1.54) is 4.57 Å². The van der Waals surface area contributed by atoms with E-state index in [4.69, 9.17) is 16.7 Å². The molecule has 0 spiro atoms. The van der Waals surface area contributed by atoms with Crippen LogP contribution in [0, 0.1) is 0 Å². The highest BCUT2D eigenvalue weighted by Crippen LogP contribution is 2.28. The van der Waals surface area contributed by atoms with Gasteiger partial charge in [-0.15, -0.1) is 0 Å². The molecule has 3 aromatic rings. The summed E-state index contributed by atoms with van der Waals surface area (Å²) in [6.07, 6.45) is 6.02. The predicted molar refractivity (Wildman–Crippen MR) is 91.1 cm³/mol. The molecule has 0 fully saturated rings. The number of carbonyl (C=O) groups is 1. The lowest BCUT2D eigenvalue weighted by molar-refractivity contribution is -0.137. The third-order valence-corrected chi connectivity index (χ3v) is 3.87. The molecule has 24 heavy (non-hydrogen) atoms. The molecule has 1 unspecified atom stereocenters. The number of carboxylic acid groups (broad SMARTS) is 1. The molecule has 3 rings (SSSR count). The molecule has 0 aromatic carbocycles. The van der Waals surface area contributed by atoms with E-state index < -0.39 is 5.97 Å². The van der Waals surface area contributed by atoms with Gasteiger partial charge in [0.05, 0.1) is 11.4 Å². The number of nitrogens with zero attached hydrogens (tertiary/aromatic N) is 4. The molecule has 3 aromatic heterocycles. The minimum atomic E-state index is -0.946. The van der Waals surface area contributed by atoms with Crippen molar-refractivity contribution in [2.75, 3.05) is 5.32 Å². The van der Waals surface area contributed by atoms with E-state index in [0.717, 1.165) is 17.4 Å². The molecule has 8 heteroatoms. The summed E-state index contributed by atoms with van der Waals surface area (Å²) < 4.78 is 1.53. The Kier molecular flexibility index (Phi) is 4.61. The van der Waals surface area contributed by atoms with Crippen LogP contribution in [0.2, 0.25) is 5.28 Å². The van der Waals surface area contributed by atoms with Gasteiger partial charge in [-0.3, -0.25) is 9.78 Å². The van der Waals surface area contributed by atoms with E-state index in [1.807, 2.05) is 12.1 Å². The highest BCUT2D eigenvalue weighted by Gasteiger charge is 2.16. The van der Waals surface area contributed by atoms with Crippen molar-refractivity contribution in [3.63, 3.8) is 0 Å². The Morgan fingerprint density at radius 2 is 2.25 bits per heavy atom. The molecular weight excluding hydrogens is 330 g/mol. The van der Waals surface area contributed by atoms with Crippen molar-refractivity contribution in [1.82, 2.24) is 19.5 Å². The number of aliphatic carboxylic acids is 1. The van der Waals surface area contributed by atoms with E-state index in [1.54, 1.807) is 24.7 Å². The molecule has 7 nitrogen and oxygen atoms in total. The standard InChI is InChI=1S/C16H16ClN5O2/c1-2-12(10-4-3-6-18-8-10)19-14-11-5-7-22(9-13(23)24)15(11)21-16(17)20-14/h3-8,12H,2,9H2,1H3,(H,23,24)(H,19,20,21). The number of pyridine rings is 1. The van der Waals surface area contributed by atoms with Crippen LogP contribution >= 0.6 is 11.6 Å². The van der Waals surface area contributed by atoms with Crippen LogP contribution in [0.3, 0.4) is 0 Å². The topological polar surface area (TPSA) is 92.9 Å². The summed E-state index contributed by atoms with van der Waals surface area (Å²) in [5.41, 5.74) is 1.52. The van der Waals surface area contributed by atoms with Crippen LogP contribution in [0.15, 0.2) is 36.8 Å². The predicted octanol–water partition coefficient (Wildman–Crippen LogP) is 3.13. The Morgan fingerprint density at radius 1 is 1.42 bits per heavy atom. The van der Waals surface area contributed by atoms with Crippen molar-refractivity contribution < 1.29 is 9.90 Å². The number of anilines is 1. The van der Waals surface area contributed by atoms with Crippen LogP contribution in [0.1, 0.15) is 24.9 Å². The number of halogens is 1. The number of nitrogens with one attached hydrogen (secondary N) is 1. The summed E-state index contributed by atoms with van der Waals surface area (Å²) in [6, 6.07) is 5.66. The Balaban J connectivity index is 1.99. The molecule has 3 heterocycles. The zero-order valence-electron chi connectivity index (χ0n) is 13.0. The number of rotatable bonds is 6. The third kappa shape index (κ3) is 3.30. The van der Waals surface area contributed by atoms with E-state index >= 15 is 0 Å². The zero-order chi connectivity index (χ0) is 17.1.